The summed E-state index contributed by atoms with van der Waals surface area (Å²) in [6, 6.07) is 8.21. The second-order valence-corrected chi connectivity index (χ2v) is 4.99. The van der Waals surface area contributed by atoms with Crippen molar-refractivity contribution >= 4 is 11.4 Å². The van der Waals surface area contributed by atoms with E-state index in [-0.39, 0.29) is 0 Å². The Morgan fingerprint density at radius 3 is 2.21 bits per heavy atom. The van der Waals surface area contributed by atoms with Gasteiger partial charge in [0, 0.05) is 38.2 Å². The first-order chi connectivity index (χ1) is 9.27. The molecular weight excluding hydrogens is 236 g/mol. The molecule has 0 atom stereocenters. The van der Waals surface area contributed by atoms with E-state index in [0.717, 1.165) is 31.8 Å². The highest BCUT2D eigenvalue weighted by molar-refractivity contribution is 5.53. The van der Waals surface area contributed by atoms with Crippen molar-refractivity contribution in [2.24, 2.45) is 0 Å². The number of hydrogen-bond donors (Lipinski definition) is 1. The van der Waals surface area contributed by atoms with Crippen LogP contribution < -0.4 is 10.6 Å². The topological polar surface area (TPSA) is 38.5 Å². The van der Waals surface area contributed by atoms with E-state index >= 15 is 0 Å². The van der Waals surface area contributed by atoms with E-state index in [1.807, 2.05) is 12.1 Å². The average Bonchev–Trinajstić information content (AvgIpc) is 2.43. The Hall–Kier alpha value is -1.22. The zero-order valence-corrected chi connectivity index (χ0v) is 12.4. The maximum atomic E-state index is 5.75. The van der Waals surface area contributed by atoms with E-state index in [9.17, 15) is 0 Å². The van der Waals surface area contributed by atoms with E-state index in [4.69, 9.17) is 10.5 Å². The molecule has 3 heteroatoms. The molecule has 0 aromatic heterocycles. The van der Waals surface area contributed by atoms with Gasteiger partial charge in [-0.15, -0.1) is 0 Å². The van der Waals surface area contributed by atoms with Crippen LogP contribution in [0.3, 0.4) is 0 Å². The first-order valence-electron chi connectivity index (χ1n) is 7.37. The number of hydrogen-bond acceptors (Lipinski definition) is 3. The number of methoxy groups -OCH3 is 1. The van der Waals surface area contributed by atoms with Crippen LogP contribution in [0.25, 0.3) is 0 Å². The summed E-state index contributed by atoms with van der Waals surface area (Å²) >= 11 is 0. The van der Waals surface area contributed by atoms with Crippen LogP contribution in [0.4, 0.5) is 11.4 Å². The highest BCUT2D eigenvalue weighted by Crippen LogP contribution is 2.18. The van der Waals surface area contributed by atoms with Gasteiger partial charge in [0.05, 0.1) is 0 Å². The SMILES string of the molecule is CCCCCN(CCCCOC)c1ccc(N)cc1. The van der Waals surface area contributed by atoms with E-state index in [0.29, 0.717) is 0 Å². The highest BCUT2D eigenvalue weighted by atomic mass is 16.5. The third-order valence-corrected chi connectivity index (χ3v) is 3.32. The van der Waals surface area contributed by atoms with E-state index in [1.54, 1.807) is 7.11 Å². The standard InChI is InChI=1S/C16H28N2O/c1-3-4-5-12-18(13-6-7-14-19-2)16-10-8-15(17)9-11-16/h8-11H,3-7,12-14,17H2,1-2H3. The first kappa shape index (κ1) is 15.8. The van der Waals surface area contributed by atoms with Crippen molar-refractivity contribution in [2.75, 3.05) is 37.4 Å². The average molecular weight is 264 g/mol. The number of nitrogens with two attached hydrogens (primary N) is 1. The molecule has 0 unspecified atom stereocenters. The van der Waals surface area contributed by atoms with Gasteiger partial charge in [0.25, 0.3) is 0 Å². The maximum absolute atomic E-state index is 5.75. The van der Waals surface area contributed by atoms with Crippen LogP contribution in [0.1, 0.15) is 39.0 Å². The zero-order chi connectivity index (χ0) is 13.9. The summed E-state index contributed by atoms with van der Waals surface area (Å²) in [6.07, 6.45) is 6.11. The van der Waals surface area contributed by atoms with Crippen molar-refractivity contribution in [3.8, 4) is 0 Å². The minimum Gasteiger partial charge on any atom is -0.399 e. The van der Waals surface area contributed by atoms with E-state index in [2.05, 4.69) is 24.0 Å². The Kier molecular flexibility index (Phi) is 8.07. The quantitative estimate of drug-likeness (QED) is 0.517. The normalized spacial score (nSPS) is 10.6. The molecule has 1 rings (SSSR count). The smallest absolute Gasteiger partial charge is 0.0462 e. The maximum Gasteiger partial charge on any atom is 0.0462 e. The lowest BCUT2D eigenvalue weighted by atomic mass is 10.2. The number of rotatable bonds is 10. The molecule has 0 bridgehead atoms. The molecule has 0 saturated heterocycles. The van der Waals surface area contributed by atoms with Gasteiger partial charge >= 0.3 is 0 Å². The molecule has 0 aliphatic carbocycles. The fourth-order valence-electron chi connectivity index (χ4n) is 2.16. The molecule has 0 radical (unpaired) electrons. The lowest BCUT2D eigenvalue weighted by Gasteiger charge is -2.25. The van der Waals surface area contributed by atoms with Crippen LogP contribution in [-0.4, -0.2) is 26.8 Å². The summed E-state index contributed by atoms with van der Waals surface area (Å²) in [5.41, 5.74) is 7.86. The van der Waals surface area contributed by atoms with Crippen molar-refractivity contribution in [3.05, 3.63) is 24.3 Å². The fourth-order valence-corrected chi connectivity index (χ4v) is 2.16. The lowest BCUT2D eigenvalue weighted by molar-refractivity contribution is 0.193. The van der Waals surface area contributed by atoms with Crippen molar-refractivity contribution < 1.29 is 4.74 Å². The first-order valence-corrected chi connectivity index (χ1v) is 7.37. The number of nitrogens with zero attached hydrogens (tertiary/aromatic N) is 1. The number of unbranched alkanes of at least 4 members (excludes halogenated alkanes) is 3. The van der Waals surface area contributed by atoms with Crippen LogP contribution in [0.2, 0.25) is 0 Å². The predicted octanol–water partition coefficient (Wildman–Crippen LogP) is 3.69. The molecule has 0 spiro atoms. The largest absolute Gasteiger partial charge is 0.399 e. The van der Waals surface area contributed by atoms with Gasteiger partial charge in [0.2, 0.25) is 0 Å². The lowest BCUT2D eigenvalue weighted by Crippen LogP contribution is -2.25. The molecule has 0 aliphatic rings. The van der Waals surface area contributed by atoms with Crippen LogP contribution in [-0.2, 0) is 4.74 Å². The Morgan fingerprint density at radius 1 is 1.00 bits per heavy atom. The predicted molar refractivity (Wildman–Crippen MR) is 83.7 cm³/mol. The molecule has 2 N–H and O–H groups in total. The molecule has 0 heterocycles. The van der Waals surface area contributed by atoms with E-state index in [1.165, 1.54) is 31.4 Å². The van der Waals surface area contributed by atoms with Gasteiger partial charge in [0.15, 0.2) is 0 Å². The van der Waals surface area contributed by atoms with Crippen LogP contribution >= 0.6 is 0 Å². The summed E-state index contributed by atoms with van der Waals surface area (Å²) in [7, 11) is 1.76. The Morgan fingerprint density at radius 2 is 1.63 bits per heavy atom. The summed E-state index contributed by atoms with van der Waals surface area (Å²) in [5, 5.41) is 0. The third-order valence-electron chi connectivity index (χ3n) is 3.32. The van der Waals surface area contributed by atoms with Crippen LogP contribution in [0, 0.1) is 0 Å². The summed E-state index contributed by atoms with van der Waals surface area (Å²) in [6.45, 7) is 5.32. The molecule has 1 aromatic carbocycles. The third kappa shape index (κ3) is 6.48. The van der Waals surface area contributed by atoms with Crippen molar-refractivity contribution in [1.82, 2.24) is 0 Å². The molecule has 0 saturated carbocycles. The Balaban J connectivity index is 2.49. The molecule has 0 fully saturated rings. The summed E-state index contributed by atoms with van der Waals surface area (Å²) in [4.78, 5) is 2.46. The van der Waals surface area contributed by atoms with Gasteiger partial charge in [-0.1, -0.05) is 19.8 Å². The molecule has 0 amide bonds. The summed E-state index contributed by atoms with van der Waals surface area (Å²) in [5.74, 6) is 0. The molecule has 3 nitrogen and oxygen atoms in total. The van der Waals surface area contributed by atoms with Crippen molar-refractivity contribution in [2.45, 2.75) is 39.0 Å². The number of benzene rings is 1. The zero-order valence-electron chi connectivity index (χ0n) is 12.4. The highest BCUT2D eigenvalue weighted by Gasteiger charge is 2.05. The molecular formula is C16H28N2O. The Labute approximate surface area is 117 Å². The fraction of sp³-hybridized carbons (Fsp3) is 0.625. The van der Waals surface area contributed by atoms with Gasteiger partial charge in [-0.3, -0.25) is 0 Å². The monoisotopic (exact) mass is 264 g/mol. The number of nitrogen functional groups attached to an aromatic ring is 1. The van der Waals surface area contributed by atoms with Gasteiger partial charge in [-0.25, -0.2) is 0 Å². The van der Waals surface area contributed by atoms with Gasteiger partial charge in [-0.05, 0) is 43.5 Å². The number of ether oxygens (including phenoxy) is 1. The van der Waals surface area contributed by atoms with Crippen LogP contribution in [0.15, 0.2) is 24.3 Å². The van der Waals surface area contributed by atoms with Crippen molar-refractivity contribution in [3.63, 3.8) is 0 Å². The summed E-state index contributed by atoms with van der Waals surface area (Å²) < 4.78 is 5.11. The van der Waals surface area contributed by atoms with Gasteiger partial charge in [0.1, 0.15) is 0 Å². The minimum absolute atomic E-state index is 0.830. The second-order valence-electron chi connectivity index (χ2n) is 4.99. The molecule has 19 heavy (non-hydrogen) atoms. The van der Waals surface area contributed by atoms with Crippen LogP contribution in [0.5, 0.6) is 0 Å². The van der Waals surface area contributed by atoms with Crippen molar-refractivity contribution in [1.29, 1.82) is 0 Å². The molecule has 0 aliphatic heterocycles. The Bertz CT molecular complexity index is 324. The second kappa shape index (κ2) is 9.68. The molecule has 1 aromatic rings. The number of anilines is 2. The van der Waals surface area contributed by atoms with Gasteiger partial charge < -0.3 is 15.4 Å². The van der Waals surface area contributed by atoms with Gasteiger partial charge in [-0.2, -0.15) is 0 Å². The molecule has 108 valence electrons. The van der Waals surface area contributed by atoms with E-state index < -0.39 is 0 Å². The minimum atomic E-state index is 0.830.